The zero-order valence-electron chi connectivity index (χ0n) is 17.5. The van der Waals surface area contributed by atoms with E-state index in [-0.39, 0.29) is 17.7 Å². The average Bonchev–Trinajstić information content (AvgIpc) is 3.25. The van der Waals surface area contributed by atoms with Crippen LogP contribution in [0.15, 0.2) is 42.5 Å². The first-order valence-corrected chi connectivity index (χ1v) is 10.4. The van der Waals surface area contributed by atoms with Gasteiger partial charge in [0, 0.05) is 11.5 Å². The molecule has 2 N–H and O–H groups in total. The van der Waals surface area contributed by atoms with E-state index in [0.29, 0.717) is 18.1 Å². The maximum atomic E-state index is 12.3. The molecule has 2 aromatic carbocycles. The minimum absolute atomic E-state index is 0.0205. The molecule has 1 fully saturated rings. The highest BCUT2D eigenvalue weighted by molar-refractivity contribution is 5.95. The molecule has 2 amide bonds. The molecule has 0 aromatic heterocycles. The second-order valence-electron chi connectivity index (χ2n) is 8.11. The fourth-order valence-corrected chi connectivity index (χ4v) is 3.64. The van der Waals surface area contributed by atoms with E-state index in [4.69, 9.17) is 4.74 Å². The molecule has 0 heterocycles. The third kappa shape index (κ3) is 5.59. The number of ether oxygens (including phenoxy) is 1. The second-order valence-corrected chi connectivity index (χ2v) is 8.11. The Balaban J connectivity index is 1.54. The van der Waals surface area contributed by atoms with E-state index in [1.807, 2.05) is 12.1 Å². The number of hydrogen-bond acceptors (Lipinski definition) is 3. The van der Waals surface area contributed by atoms with Crippen LogP contribution >= 0.6 is 0 Å². The molecule has 3 rings (SSSR count). The summed E-state index contributed by atoms with van der Waals surface area (Å²) in [6, 6.07) is 13.5. The molecule has 1 aliphatic rings. The van der Waals surface area contributed by atoms with Crippen molar-refractivity contribution in [1.82, 2.24) is 10.9 Å². The summed E-state index contributed by atoms with van der Waals surface area (Å²) >= 11 is 0. The van der Waals surface area contributed by atoms with E-state index in [1.54, 1.807) is 12.1 Å². The van der Waals surface area contributed by atoms with Crippen LogP contribution in [0.2, 0.25) is 0 Å². The molecule has 2 aromatic rings. The fraction of sp³-hybridized carbons (Fsp3) is 0.417. The van der Waals surface area contributed by atoms with Gasteiger partial charge in [-0.25, -0.2) is 0 Å². The van der Waals surface area contributed by atoms with E-state index in [0.717, 1.165) is 42.6 Å². The molecule has 5 nitrogen and oxygen atoms in total. The van der Waals surface area contributed by atoms with Gasteiger partial charge in [-0.05, 0) is 60.6 Å². The van der Waals surface area contributed by atoms with Crippen molar-refractivity contribution < 1.29 is 14.3 Å². The van der Waals surface area contributed by atoms with Gasteiger partial charge in [0.15, 0.2) is 0 Å². The Morgan fingerprint density at radius 1 is 1.03 bits per heavy atom. The first-order valence-electron chi connectivity index (χ1n) is 10.4. The molecule has 29 heavy (non-hydrogen) atoms. The Bertz CT molecular complexity index is 853. The number of hydrazine groups is 1. The lowest BCUT2D eigenvalue weighted by atomic mass is 10.0. The molecular formula is C24H30N2O3. The highest BCUT2D eigenvalue weighted by Gasteiger charge is 2.22. The summed E-state index contributed by atoms with van der Waals surface area (Å²) in [5.41, 5.74) is 8.88. The molecule has 0 bridgehead atoms. The van der Waals surface area contributed by atoms with Crippen LogP contribution in [0.1, 0.15) is 72.5 Å². The molecule has 154 valence electrons. The Hall–Kier alpha value is -2.82. The third-order valence-electron chi connectivity index (χ3n) is 5.43. The molecule has 0 atom stereocenters. The molecule has 0 radical (unpaired) electrons. The van der Waals surface area contributed by atoms with Gasteiger partial charge in [-0.15, -0.1) is 0 Å². The summed E-state index contributed by atoms with van der Waals surface area (Å²) in [4.78, 5) is 24.3. The summed E-state index contributed by atoms with van der Waals surface area (Å²) in [6.07, 6.45) is 3.96. The minimum Gasteiger partial charge on any atom is -0.489 e. The van der Waals surface area contributed by atoms with E-state index in [2.05, 4.69) is 49.8 Å². The number of carbonyl (C=O) groups excluding carboxylic acids is 2. The lowest BCUT2D eigenvalue weighted by molar-refractivity contribution is -0.125. The standard InChI is InChI=1S/C24H30N2O3/c1-16(2)21-13-8-17(3)14-22(21)29-15-18-9-11-20(12-10-18)24(28)26-25-23(27)19-6-4-5-7-19/h8-14,16,19H,4-7,15H2,1-3H3,(H,25,27)(H,26,28). The fourth-order valence-electron chi connectivity index (χ4n) is 3.64. The largest absolute Gasteiger partial charge is 0.489 e. The predicted molar refractivity (Wildman–Crippen MR) is 114 cm³/mol. The number of aryl methyl sites for hydroxylation is 1. The Morgan fingerprint density at radius 3 is 2.38 bits per heavy atom. The van der Waals surface area contributed by atoms with Crippen molar-refractivity contribution in [1.29, 1.82) is 0 Å². The van der Waals surface area contributed by atoms with Crippen molar-refractivity contribution in [2.75, 3.05) is 0 Å². The molecule has 5 heteroatoms. The van der Waals surface area contributed by atoms with Crippen molar-refractivity contribution >= 4 is 11.8 Å². The molecule has 0 aliphatic heterocycles. The van der Waals surface area contributed by atoms with Gasteiger partial charge in [0.1, 0.15) is 12.4 Å². The SMILES string of the molecule is Cc1ccc(C(C)C)c(OCc2ccc(C(=O)NNC(=O)C3CCCC3)cc2)c1. The first-order chi connectivity index (χ1) is 13.9. The van der Waals surface area contributed by atoms with Crippen LogP contribution in [0.3, 0.4) is 0 Å². The predicted octanol–water partition coefficient (Wildman–Crippen LogP) is 4.65. The third-order valence-corrected chi connectivity index (χ3v) is 5.43. The zero-order valence-corrected chi connectivity index (χ0v) is 17.5. The Labute approximate surface area is 172 Å². The number of rotatable bonds is 6. The smallest absolute Gasteiger partial charge is 0.269 e. The molecule has 1 saturated carbocycles. The highest BCUT2D eigenvalue weighted by Crippen LogP contribution is 2.28. The van der Waals surface area contributed by atoms with Crippen LogP contribution < -0.4 is 15.6 Å². The average molecular weight is 395 g/mol. The topological polar surface area (TPSA) is 67.4 Å². The molecule has 0 spiro atoms. The number of amides is 2. The maximum absolute atomic E-state index is 12.3. The number of carbonyl (C=O) groups is 2. The summed E-state index contributed by atoms with van der Waals surface area (Å²) in [5, 5.41) is 0. The normalized spacial score (nSPS) is 14.1. The van der Waals surface area contributed by atoms with Crippen molar-refractivity contribution in [3.8, 4) is 5.75 Å². The van der Waals surface area contributed by atoms with Crippen LogP contribution in [0, 0.1) is 12.8 Å². The summed E-state index contributed by atoms with van der Waals surface area (Å²) in [5.74, 6) is 0.893. The van der Waals surface area contributed by atoms with Gasteiger partial charge in [-0.1, -0.05) is 51.0 Å². The maximum Gasteiger partial charge on any atom is 0.269 e. The van der Waals surface area contributed by atoms with Gasteiger partial charge in [0.25, 0.3) is 5.91 Å². The number of nitrogens with one attached hydrogen (secondary N) is 2. The summed E-state index contributed by atoms with van der Waals surface area (Å²) < 4.78 is 6.04. The van der Waals surface area contributed by atoms with Gasteiger partial charge < -0.3 is 4.74 Å². The van der Waals surface area contributed by atoms with Gasteiger partial charge in [0.05, 0.1) is 0 Å². The first kappa shape index (κ1) is 20.9. The molecule has 0 saturated heterocycles. The second kappa shape index (κ2) is 9.59. The van der Waals surface area contributed by atoms with E-state index < -0.39 is 0 Å². The molecule has 0 unspecified atom stereocenters. The minimum atomic E-state index is -0.315. The van der Waals surface area contributed by atoms with Crippen LogP contribution in [0.25, 0.3) is 0 Å². The van der Waals surface area contributed by atoms with Crippen LogP contribution in [-0.2, 0) is 11.4 Å². The van der Waals surface area contributed by atoms with E-state index in [1.165, 1.54) is 5.56 Å². The van der Waals surface area contributed by atoms with Crippen LogP contribution in [0.5, 0.6) is 5.75 Å². The van der Waals surface area contributed by atoms with Gasteiger partial charge in [-0.2, -0.15) is 0 Å². The quantitative estimate of drug-likeness (QED) is 0.701. The zero-order chi connectivity index (χ0) is 20.8. The lowest BCUT2D eigenvalue weighted by Gasteiger charge is -2.15. The van der Waals surface area contributed by atoms with Crippen LogP contribution in [-0.4, -0.2) is 11.8 Å². The molecule has 1 aliphatic carbocycles. The van der Waals surface area contributed by atoms with Crippen molar-refractivity contribution in [3.05, 3.63) is 64.7 Å². The van der Waals surface area contributed by atoms with E-state index >= 15 is 0 Å². The van der Waals surface area contributed by atoms with Crippen LogP contribution in [0.4, 0.5) is 0 Å². The van der Waals surface area contributed by atoms with Crippen molar-refractivity contribution in [2.45, 2.75) is 59.0 Å². The van der Waals surface area contributed by atoms with Gasteiger partial charge in [0.2, 0.25) is 5.91 Å². The summed E-state index contributed by atoms with van der Waals surface area (Å²) in [6.45, 7) is 6.78. The van der Waals surface area contributed by atoms with E-state index in [9.17, 15) is 9.59 Å². The summed E-state index contributed by atoms with van der Waals surface area (Å²) in [7, 11) is 0. The van der Waals surface area contributed by atoms with Gasteiger partial charge >= 0.3 is 0 Å². The lowest BCUT2D eigenvalue weighted by Crippen LogP contribution is -2.44. The highest BCUT2D eigenvalue weighted by atomic mass is 16.5. The van der Waals surface area contributed by atoms with Crippen molar-refractivity contribution in [3.63, 3.8) is 0 Å². The van der Waals surface area contributed by atoms with Gasteiger partial charge in [-0.3, -0.25) is 20.4 Å². The van der Waals surface area contributed by atoms with Crippen molar-refractivity contribution in [2.24, 2.45) is 5.92 Å². The number of hydrogen-bond donors (Lipinski definition) is 2. The monoisotopic (exact) mass is 394 g/mol. The Kier molecular flexibility index (Phi) is 6.91. The molecular weight excluding hydrogens is 364 g/mol. The number of benzene rings is 2. The Morgan fingerprint density at radius 2 is 1.72 bits per heavy atom.